The standard InChI is InChI=1S/C20H18BrN5O2/c1-11-7-14-19(15(21)8-11)25-18(26-6-5-22-20(14)26)9-16(28)13-3-4-17(23-10-13)24-12(2)27/h3-4,7-10,28H,5-6H2,1-2H3,(H,23,24,27). The van der Waals surface area contributed by atoms with Crippen LogP contribution >= 0.6 is 15.9 Å². The van der Waals surface area contributed by atoms with E-state index in [9.17, 15) is 9.90 Å². The molecule has 7 nitrogen and oxygen atoms in total. The van der Waals surface area contributed by atoms with E-state index in [4.69, 9.17) is 4.99 Å². The van der Waals surface area contributed by atoms with Crippen molar-refractivity contribution in [3.8, 4) is 0 Å². The number of carbonyl (C=O) groups excluding carboxylic acids is 1. The average molecular weight is 440 g/mol. The molecule has 0 unspecified atom stereocenters. The molecule has 0 saturated carbocycles. The van der Waals surface area contributed by atoms with Gasteiger partial charge in [-0.2, -0.15) is 0 Å². The largest absolute Gasteiger partial charge is 0.507 e. The minimum atomic E-state index is -0.197. The van der Waals surface area contributed by atoms with E-state index in [0.717, 1.165) is 27.1 Å². The third kappa shape index (κ3) is 3.43. The molecule has 3 heterocycles. The van der Waals surface area contributed by atoms with Gasteiger partial charge in [0.25, 0.3) is 0 Å². The number of hydrogen-bond acceptors (Lipinski definition) is 6. The number of anilines is 1. The third-order valence-corrected chi connectivity index (χ3v) is 5.03. The highest BCUT2D eigenvalue weighted by Gasteiger charge is 2.30. The van der Waals surface area contributed by atoms with Crippen molar-refractivity contribution >= 4 is 50.8 Å². The highest BCUT2D eigenvalue weighted by Crippen LogP contribution is 2.36. The van der Waals surface area contributed by atoms with Crippen LogP contribution in [0.15, 0.2) is 51.0 Å². The first kappa shape index (κ1) is 18.4. The number of aryl methyl sites for hydroxylation is 1. The molecule has 0 atom stereocenters. The number of nitrogens with zero attached hydrogens (tertiary/aromatic N) is 4. The number of pyridine rings is 1. The van der Waals surface area contributed by atoms with Crippen LogP contribution in [0.1, 0.15) is 23.6 Å². The molecule has 0 bridgehead atoms. The van der Waals surface area contributed by atoms with Gasteiger partial charge < -0.3 is 15.3 Å². The van der Waals surface area contributed by atoms with Gasteiger partial charge in [0.2, 0.25) is 5.91 Å². The van der Waals surface area contributed by atoms with Crippen LogP contribution in [0.4, 0.5) is 11.5 Å². The fourth-order valence-electron chi connectivity index (χ4n) is 3.21. The van der Waals surface area contributed by atoms with Crippen molar-refractivity contribution in [3.05, 3.63) is 57.7 Å². The quantitative estimate of drug-likeness (QED) is 0.711. The van der Waals surface area contributed by atoms with Crippen molar-refractivity contribution in [1.29, 1.82) is 0 Å². The molecular formula is C20H18BrN5O2. The van der Waals surface area contributed by atoms with Crippen LogP contribution in [0, 0.1) is 6.92 Å². The molecule has 2 aromatic rings. The fraction of sp³-hybridized carbons (Fsp3) is 0.200. The van der Waals surface area contributed by atoms with Gasteiger partial charge in [0, 0.05) is 41.3 Å². The number of nitrogens with one attached hydrogen (secondary N) is 1. The Kier molecular flexibility index (Phi) is 4.72. The summed E-state index contributed by atoms with van der Waals surface area (Å²) in [6, 6.07) is 7.42. The number of hydrogen-bond donors (Lipinski definition) is 2. The summed E-state index contributed by atoms with van der Waals surface area (Å²) >= 11 is 3.59. The number of rotatable bonds is 3. The van der Waals surface area contributed by atoms with Gasteiger partial charge in [-0.15, -0.1) is 0 Å². The van der Waals surface area contributed by atoms with E-state index in [2.05, 4.69) is 37.3 Å². The van der Waals surface area contributed by atoms with Gasteiger partial charge in [-0.05, 0) is 52.7 Å². The van der Waals surface area contributed by atoms with Crippen LogP contribution in [0.3, 0.4) is 0 Å². The number of amides is 1. The topological polar surface area (TPSA) is 90.2 Å². The maximum absolute atomic E-state index is 11.1. The molecule has 1 amide bonds. The van der Waals surface area contributed by atoms with Gasteiger partial charge in [0.1, 0.15) is 23.2 Å². The maximum Gasteiger partial charge on any atom is 0.222 e. The molecule has 2 N–H and O–H groups in total. The molecular weight excluding hydrogens is 422 g/mol. The van der Waals surface area contributed by atoms with Gasteiger partial charge in [0.05, 0.1) is 12.2 Å². The molecule has 0 fully saturated rings. The van der Waals surface area contributed by atoms with E-state index in [0.29, 0.717) is 30.3 Å². The van der Waals surface area contributed by atoms with E-state index in [1.165, 1.54) is 13.1 Å². The third-order valence-electron chi connectivity index (χ3n) is 4.42. The van der Waals surface area contributed by atoms with Gasteiger partial charge in [-0.3, -0.25) is 9.79 Å². The molecule has 4 rings (SSSR count). The normalized spacial score (nSPS) is 15.5. The second-order valence-electron chi connectivity index (χ2n) is 6.61. The number of aliphatic hydroxyl groups is 1. The van der Waals surface area contributed by atoms with Gasteiger partial charge >= 0.3 is 0 Å². The van der Waals surface area contributed by atoms with Crippen LogP contribution in [-0.2, 0) is 4.79 Å². The summed E-state index contributed by atoms with van der Waals surface area (Å²) in [6.45, 7) is 4.85. The monoisotopic (exact) mass is 439 g/mol. The van der Waals surface area contributed by atoms with E-state index in [1.54, 1.807) is 18.2 Å². The number of amidine groups is 2. The first-order chi connectivity index (χ1) is 13.4. The smallest absolute Gasteiger partial charge is 0.222 e. The van der Waals surface area contributed by atoms with Crippen LogP contribution in [0.5, 0.6) is 0 Å². The minimum Gasteiger partial charge on any atom is -0.507 e. The number of carbonyl (C=O) groups is 1. The Hall–Kier alpha value is -3.00. The van der Waals surface area contributed by atoms with Crippen molar-refractivity contribution in [2.75, 3.05) is 18.4 Å². The lowest BCUT2D eigenvalue weighted by molar-refractivity contribution is -0.114. The predicted octanol–water partition coefficient (Wildman–Crippen LogP) is 3.82. The number of benzene rings is 1. The second kappa shape index (κ2) is 7.20. The minimum absolute atomic E-state index is 0.0403. The Morgan fingerprint density at radius 1 is 1.36 bits per heavy atom. The van der Waals surface area contributed by atoms with E-state index < -0.39 is 0 Å². The number of aromatic nitrogens is 1. The van der Waals surface area contributed by atoms with Crippen molar-refractivity contribution in [2.45, 2.75) is 13.8 Å². The predicted molar refractivity (Wildman–Crippen MR) is 113 cm³/mol. The van der Waals surface area contributed by atoms with Gasteiger partial charge in [0.15, 0.2) is 0 Å². The molecule has 28 heavy (non-hydrogen) atoms. The van der Waals surface area contributed by atoms with E-state index >= 15 is 0 Å². The van der Waals surface area contributed by atoms with Crippen LogP contribution in [0.2, 0.25) is 0 Å². The van der Waals surface area contributed by atoms with Crippen molar-refractivity contribution < 1.29 is 9.90 Å². The first-order valence-corrected chi connectivity index (χ1v) is 9.57. The van der Waals surface area contributed by atoms with Crippen molar-refractivity contribution in [3.63, 3.8) is 0 Å². The Labute approximate surface area is 170 Å². The summed E-state index contributed by atoms with van der Waals surface area (Å²) < 4.78 is 0.892. The lowest BCUT2D eigenvalue weighted by atomic mass is 10.1. The van der Waals surface area contributed by atoms with Crippen LogP contribution < -0.4 is 5.32 Å². The van der Waals surface area contributed by atoms with Gasteiger partial charge in [-0.1, -0.05) is 0 Å². The van der Waals surface area contributed by atoms with E-state index in [-0.39, 0.29) is 11.7 Å². The van der Waals surface area contributed by atoms with Crippen LogP contribution in [-0.4, -0.2) is 45.7 Å². The van der Waals surface area contributed by atoms with Gasteiger partial charge in [-0.25, -0.2) is 9.98 Å². The zero-order valence-electron chi connectivity index (χ0n) is 15.4. The SMILES string of the molecule is CC(=O)Nc1ccc(C(O)=CC2=Nc3c(Br)cc(C)cc3C3=NCCN23)cn1. The Bertz CT molecular complexity index is 1060. The first-order valence-electron chi connectivity index (χ1n) is 8.78. The summed E-state index contributed by atoms with van der Waals surface area (Å²) in [5.41, 5.74) is 3.45. The summed E-state index contributed by atoms with van der Waals surface area (Å²) in [6.07, 6.45) is 3.12. The number of halogens is 1. The number of aliphatic hydroxyl groups excluding tert-OH is 1. The number of aliphatic imine (C=N–C) groups is 2. The summed E-state index contributed by atoms with van der Waals surface area (Å²) in [7, 11) is 0. The summed E-state index contributed by atoms with van der Waals surface area (Å²) in [5, 5.41) is 13.2. The molecule has 142 valence electrons. The Morgan fingerprint density at radius 2 is 2.18 bits per heavy atom. The molecule has 8 heteroatoms. The Balaban J connectivity index is 1.71. The number of fused-ring (bicyclic) bond motifs is 3. The molecule has 2 aliphatic heterocycles. The molecule has 0 aliphatic carbocycles. The highest BCUT2D eigenvalue weighted by molar-refractivity contribution is 9.10. The van der Waals surface area contributed by atoms with Crippen molar-refractivity contribution in [1.82, 2.24) is 9.88 Å². The summed E-state index contributed by atoms with van der Waals surface area (Å²) in [4.78, 5) is 26.6. The summed E-state index contributed by atoms with van der Waals surface area (Å²) in [5.74, 6) is 1.76. The molecule has 1 aromatic heterocycles. The molecule has 0 saturated heterocycles. The Morgan fingerprint density at radius 3 is 2.89 bits per heavy atom. The maximum atomic E-state index is 11.1. The zero-order chi connectivity index (χ0) is 19.8. The van der Waals surface area contributed by atoms with Crippen LogP contribution in [0.25, 0.3) is 5.76 Å². The molecule has 1 aromatic carbocycles. The zero-order valence-corrected chi connectivity index (χ0v) is 17.0. The van der Waals surface area contributed by atoms with Crippen molar-refractivity contribution in [2.24, 2.45) is 9.98 Å². The molecule has 0 spiro atoms. The average Bonchev–Trinajstić information content (AvgIpc) is 3.13. The second-order valence-corrected chi connectivity index (χ2v) is 7.47. The van der Waals surface area contributed by atoms with E-state index in [1.807, 2.05) is 17.9 Å². The fourth-order valence-corrected chi connectivity index (χ4v) is 3.87. The lowest BCUT2D eigenvalue weighted by Gasteiger charge is -2.27. The lowest BCUT2D eigenvalue weighted by Crippen LogP contribution is -2.36. The molecule has 2 aliphatic rings. The molecule has 0 radical (unpaired) electrons. The highest BCUT2D eigenvalue weighted by atomic mass is 79.9.